The number of halogens is 1. The van der Waals surface area contributed by atoms with Gasteiger partial charge in [-0.2, -0.15) is 5.10 Å². The number of nitrogens with one attached hydrogen (secondary N) is 1. The first-order valence-electron chi connectivity index (χ1n) is 12.5. The minimum Gasteiger partial charge on any atom is -0.489 e. The largest absolute Gasteiger partial charge is 0.489 e. The smallest absolute Gasteiger partial charge is 0.275 e. The summed E-state index contributed by atoms with van der Waals surface area (Å²) in [6, 6.07) is 15.7. The van der Waals surface area contributed by atoms with Crippen molar-refractivity contribution in [1.82, 2.24) is 14.7 Å². The first-order valence-corrected chi connectivity index (χ1v) is 12.9. The Hall–Kier alpha value is -3.32. The lowest BCUT2D eigenvalue weighted by molar-refractivity contribution is -0.155. The van der Waals surface area contributed by atoms with E-state index in [-0.39, 0.29) is 23.3 Å². The van der Waals surface area contributed by atoms with E-state index >= 15 is 0 Å². The molecule has 2 amide bonds. The molecule has 3 aromatic rings. The maximum absolute atomic E-state index is 13.2. The maximum Gasteiger partial charge on any atom is 0.275 e. The van der Waals surface area contributed by atoms with Crippen molar-refractivity contribution in [2.75, 3.05) is 18.4 Å². The van der Waals surface area contributed by atoms with Crippen LogP contribution >= 0.6 is 11.6 Å². The Morgan fingerprint density at radius 1 is 1.14 bits per heavy atom. The van der Waals surface area contributed by atoms with E-state index in [1.807, 2.05) is 60.4 Å². The van der Waals surface area contributed by atoms with Crippen molar-refractivity contribution < 1.29 is 14.3 Å². The van der Waals surface area contributed by atoms with Crippen molar-refractivity contribution in [3.05, 3.63) is 76.6 Å². The predicted molar refractivity (Wildman–Crippen MR) is 137 cm³/mol. The van der Waals surface area contributed by atoms with Crippen LogP contribution in [0, 0.1) is 18.3 Å². The molecule has 2 heterocycles. The number of aromatic nitrogens is 2. The molecule has 1 spiro atoms. The van der Waals surface area contributed by atoms with Gasteiger partial charge in [0.05, 0.1) is 17.3 Å². The van der Waals surface area contributed by atoms with E-state index in [9.17, 15) is 9.59 Å². The van der Waals surface area contributed by atoms with E-state index in [1.54, 1.807) is 10.9 Å². The van der Waals surface area contributed by atoms with Crippen LogP contribution in [0.15, 0.2) is 54.7 Å². The third-order valence-corrected chi connectivity index (χ3v) is 7.91. The lowest BCUT2D eigenvalue weighted by Gasteiger charge is -2.59. The number of rotatable bonds is 7. The quantitative estimate of drug-likeness (QED) is 0.477. The molecule has 2 aromatic carbocycles. The molecule has 0 atom stereocenters. The standard InChI is InChI=1S/C28H29ClN4O3/c1-18-11-22(36-15-19-5-3-2-4-6-19)9-10-24(18)31-26(34)25-23(29)14-30-33(25)21-12-28(13-21)16-32(17-28)27(35)20-7-8-20/h2-6,9-11,14,20-21H,7-8,12-13,15-17H2,1H3,(H,31,34). The molecule has 1 aliphatic heterocycles. The number of carbonyl (C=O) groups excluding carboxylic acids is 2. The molecule has 6 rings (SSSR count). The molecule has 3 aliphatic rings. The molecule has 1 saturated heterocycles. The molecule has 0 radical (unpaired) electrons. The number of hydrogen-bond acceptors (Lipinski definition) is 4. The van der Waals surface area contributed by atoms with Gasteiger partial charge in [-0.1, -0.05) is 41.9 Å². The van der Waals surface area contributed by atoms with Crippen LogP contribution in [0.4, 0.5) is 5.69 Å². The van der Waals surface area contributed by atoms with Gasteiger partial charge in [0.15, 0.2) is 0 Å². The van der Waals surface area contributed by atoms with Crippen LogP contribution in [0.5, 0.6) is 5.75 Å². The molecule has 1 aromatic heterocycles. The SMILES string of the molecule is Cc1cc(OCc2ccccc2)ccc1NC(=O)c1c(Cl)cnn1C1CC2(C1)CN(C(=O)C1CC1)C2. The minimum absolute atomic E-state index is 0.117. The summed E-state index contributed by atoms with van der Waals surface area (Å²) in [5.41, 5.74) is 3.25. The monoisotopic (exact) mass is 504 g/mol. The average Bonchev–Trinajstić information content (AvgIpc) is 3.60. The second kappa shape index (κ2) is 8.96. The Kier molecular flexibility index (Phi) is 5.75. The highest BCUT2D eigenvalue weighted by Gasteiger charge is 2.56. The predicted octanol–water partition coefficient (Wildman–Crippen LogP) is 5.25. The molecule has 0 bridgehead atoms. The molecule has 8 heteroatoms. The summed E-state index contributed by atoms with van der Waals surface area (Å²) in [5, 5.41) is 7.77. The first-order chi connectivity index (χ1) is 17.4. The Labute approximate surface area is 215 Å². The van der Waals surface area contributed by atoms with Crippen molar-refractivity contribution in [2.24, 2.45) is 11.3 Å². The van der Waals surface area contributed by atoms with E-state index in [0.29, 0.717) is 28.9 Å². The average molecular weight is 505 g/mol. The molecule has 7 nitrogen and oxygen atoms in total. The van der Waals surface area contributed by atoms with Crippen molar-refractivity contribution in [3.63, 3.8) is 0 Å². The van der Waals surface area contributed by atoms with Crippen LogP contribution in [0.3, 0.4) is 0 Å². The number of nitrogens with zero attached hydrogens (tertiary/aromatic N) is 3. The number of aryl methyl sites for hydroxylation is 1. The van der Waals surface area contributed by atoms with Crippen LogP contribution < -0.4 is 10.1 Å². The number of ether oxygens (including phenoxy) is 1. The maximum atomic E-state index is 13.2. The topological polar surface area (TPSA) is 76.5 Å². The normalized spacial score (nSPS) is 18.4. The van der Waals surface area contributed by atoms with E-state index < -0.39 is 0 Å². The zero-order valence-corrected chi connectivity index (χ0v) is 21.0. The van der Waals surface area contributed by atoms with Crippen LogP contribution in [-0.4, -0.2) is 39.6 Å². The van der Waals surface area contributed by atoms with Crippen molar-refractivity contribution in [2.45, 2.75) is 45.3 Å². The number of benzene rings is 2. The fourth-order valence-electron chi connectivity index (χ4n) is 5.50. The molecule has 0 unspecified atom stereocenters. The van der Waals surface area contributed by atoms with Gasteiger partial charge in [-0.3, -0.25) is 14.3 Å². The molecular formula is C28H29ClN4O3. The highest BCUT2D eigenvalue weighted by molar-refractivity contribution is 6.34. The lowest BCUT2D eigenvalue weighted by atomic mass is 9.60. The van der Waals surface area contributed by atoms with Gasteiger partial charge in [-0.25, -0.2) is 0 Å². The van der Waals surface area contributed by atoms with Crippen LogP contribution in [0.2, 0.25) is 5.02 Å². The molecular weight excluding hydrogens is 476 g/mol. The van der Waals surface area contributed by atoms with Gasteiger partial charge in [0.1, 0.15) is 18.1 Å². The number of anilines is 1. The Morgan fingerprint density at radius 3 is 2.58 bits per heavy atom. The summed E-state index contributed by atoms with van der Waals surface area (Å²) in [7, 11) is 0. The second-order valence-electron chi connectivity index (χ2n) is 10.5. The van der Waals surface area contributed by atoms with E-state index in [0.717, 1.165) is 55.6 Å². The summed E-state index contributed by atoms with van der Waals surface area (Å²) in [5.74, 6) is 1.05. The van der Waals surface area contributed by atoms with Crippen molar-refractivity contribution >= 4 is 29.1 Å². The van der Waals surface area contributed by atoms with E-state index in [2.05, 4.69) is 10.4 Å². The Bertz CT molecular complexity index is 1300. The summed E-state index contributed by atoms with van der Waals surface area (Å²) in [4.78, 5) is 27.5. The van der Waals surface area contributed by atoms with Gasteiger partial charge in [-0.15, -0.1) is 0 Å². The summed E-state index contributed by atoms with van der Waals surface area (Å²) < 4.78 is 7.66. The summed E-state index contributed by atoms with van der Waals surface area (Å²) in [6.07, 6.45) is 5.44. The molecule has 2 aliphatic carbocycles. The number of carbonyl (C=O) groups is 2. The summed E-state index contributed by atoms with van der Waals surface area (Å²) >= 11 is 6.40. The van der Waals surface area contributed by atoms with Crippen molar-refractivity contribution in [3.8, 4) is 5.75 Å². The van der Waals surface area contributed by atoms with Gasteiger partial charge in [-0.05, 0) is 61.9 Å². The second-order valence-corrected chi connectivity index (χ2v) is 10.9. The van der Waals surface area contributed by atoms with Crippen LogP contribution in [-0.2, 0) is 11.4 Å². The fraction of sp³-hybridized carbons (Fsp3) is 0.393. The molecule has 186 valence electrons. The summed E-state index contributed by atoms with van der Waals surface area (Å²) in [6.45, 7) is 4.07. The molecule has 3 fully saturated rings. The Balaban J connectivity index is 1.08. The highest BCUT2D eigenvalue weighted by Crippen LogP contribution is 2.55. The molecule has 2 saturated carbocycles. The van der Waals surface area contributed by atoms with E-state index in [4.69, 9.17) is 16.3 Å². The van der Waals surface area contributed by atoms with Gasteiger partial charge in [0.2, 0.25) is 5.91 Å². The van der Waals surface area contributed by atoms with Gasteiger partial charge < -0.3 is 15.0 Å². The number of amides is 2. The van der Waals surface area contributed by atoms with Crippen LogP contribution in [0.1, 0.15) is 53.3 Å². The number of likely N-dealkylation sites (tertiary alicyclic amines) is 1. The molecule has 36 heavy (non-hydrogen) atoms. The Morgan fingerprint density at radius 2 is 1.89 bits per heavy atom. The van der Waals surface area contributed by atoms with Gasteiger partial charge in [0.25, 0.3) is 5.91 Å². The third kappa shape index (κ3) is 4.37. The van der Waals surface area contributed by atoms with Crippen LogP contribution in [0.25, 0.3) is 0 Å². The third-order valence-electron chi connectivity index (χ3n) is 7.63. The fourth-order valence-corrected chi connectivity index (χ4v) is 5.71. The zero-order valence-electron chi connectivity index (χ0n) is 20.2. The highest BCUT2D eigenvalue weighted by atomic mass is 35.5. The first kappa shape index (κ1) is 23.1. The zero-order chi connectivity index (χ0) is 24.9. The van der Waals surface area contributed by atoms with Crippen molar-refractivity contribution in [1.29, 1.82) is 0 Å². The van der Waals surface area contributed by atoms with E-state index in [1.165, 1.54) is 0 Å². The lowest BCUT2D eigenvalue weighted by Crippen LogP contribution is -2.64. The number of hydrogen-bond donors (Lipinski definition) is 1. The minimum atomic E-state index is -0.279. The van der Waals surface area contributed by atoms with Gasteiger partial charge in [0, 0.05) is 30.1 Å². The van der Waals surface area contributed by atoms with Gasteiger partial charge >= 0.3 is 0 Å². The molecule has 1 N–H and O–H groups in total.